The molecule has 5 nitrogen and oxygen atoms in total. The lowest BCUT2D eigenvalue weighted by Gasteiger charge is -1.94. The minimum Gasteiger partial charge on any atom is -0.512 e. The van der Waals surface area contributed by atoms with Gasteiger partial charge in [0, 0.05) is 6.21 Å². The summed E-state index contributed by atoms with van der Waals surface area (Å²) < 4.78 is 3.99. The molecule has 0 aliphatic carbocycles. The molecular formula is C9H10N2O3S. The van der Waals surface area contributed by atoms with Gasteiger partial charge in [-0.25, -0.2) is 9.79 Å². The molecule has 15 heavy (non-hydrogen) atoms. The molecule has 1 rings (SSSR count). The summed E-state index contributed by atoms with van der Waals surface area (Å²) in [4.78, 5) is 14.5. The number of rotatable bonds is 3. The van der Waals surface area contributed by atoms with Crippen molar-refractivity contribution in [3.05, 3.63) is 23.1 Å². The first-order valence-electron chi connectivity index (χ1n) is 4.11. The van der Waals surface area contributed by atoms with Gasteiger partial charge in [0.05, 0.1) is 5.69 Å². The van der Waals surface area contributed by atoms with Crippen molar-refractivity contribution in [2.45, 2.75) is 13.8 Å². The van der Waals surface area contributed by atoms with Crippen LogP contribution in [0.25, 0.3) is 0 Å². The van der Waals surface area contributed by atoms with Gasteiger partial charge in [-0.05, 0) is 31.4 Å². The predicted octanol–water partition coefficient (Wildman–Crippen LogP) is 2.07. The van der Waals surface area contributed by atoms with Crippen LogP contribution in [-0.4, -0.2) is 26.8 Å². The Morgan fingerprint density at radius 1 is 1.60 bits per heavy atom. The van der Waals surface area contributed by atoms with E-state index in [0.717, 1.165) is 11.9 Å². The molecule has 0 aliphatic rings. The largest absolute Gasteiger partial charge is 0.512 e. The lowest BCUT2D eigenvalue weighted by Crippen LogP contribution is -2.04. The van der Waals surface area contributed by atoms with E-state index in [1.54, 1.807) is 6.07 Å². The molecule has 2 N–H and O–H groups in total. The first-order chi connectivity index (χ1) is 7.00. The topological polar surface area (TPSA) is 82.8 Å². The molecule has 6 heteroatoms. The smallest absolute Gasteiger partial charge is 0.340 e. The van der Waals surface area contributed by atoms with Crippen molar-refractivity contribution in [1.82, 2.24) is 4.37 Å². The summed E-state index contributed by atoms with van der Waals surface area (Å²) in [5.74, 6) is -1.48. The number of carboxylic acids is 1. The second-order valence-electron chi connectivity index (χ2n) is 2.87. The Morgan fingerprint density at radius 3 is 2.67 bits per heavy atom. The number of carbonyl (C=O) groups is 1. The van der Waals surface area contributed by atoms with Gasteiger partial charge in [-0.15, -0.1) is 0 Å². The molecule has 1 aromatic rings. The Balaban J connectivity index is 2.89. The van der Waals surface area contributed by atoms with Crippen LogP contribution < -0.4 is 0 Å². The number of aliphatic hydroxyl groups is 1. The number of allylic oxidation sites excluding steroid dienone is 1. The lowest BCUT2D eigenvalue weighted by molar-refractivity contribution is -0.132. The maximum absolute atomic E-state index is 10.6. The summed E-state index contributed by atoms with van der Waals surface area (Å²) in [6.07, 6.45) is 1.12. The number of hydrogen-bond donors (Lipinski definition) is 2. The molecule has 0 spiro atoms. The highest BCUT2D eigenvalue weighted by atomic mass is 32.1. The minimum atomic E-state index is -1.21. The molecule has 0 aliphatic heterocycles. The molecule has 0 bridgehead atoms. The number of aliphatic imine (C=N–C) groups is 1. The molecular weight excluding hydrogens is 216 g/mol. The van der Waals surface area contributed by atoms with Crippen LogP contribution in [0.3, 0.4) is 0 Å². The van der Waals surface area contributed by atoms with Crippen LogP contribution in [0.1, 0.15) is 12.6 Å². The number of carboxylic acid groups (broad SMARTS) is 1. The third-order valence-corrected chi connectivity index (χ3v) is 2.35. The highest BCUT2D eigenvalue weighted by Crippen LogP contribution is 2.19. The Labute approximate surface area is 90.6 Å². The van der Waals surface area contributed by atoms with Crippen molar-refractivity contribution in [2.75, 3.05) is 0 Å². The van der Waals surface area contributed by atoms with Crippen LogP contribution in [0.15, 0.2) is 22.4 Å². The maximum Gasteiger partial charge on any atom is 0.340 e. The van der Waals surface area contributed by atoms with Crippen molar-refractivity contribution in [2.24, 2.45) is 4.99 Å². The van der Waals surface area contributed by atoms with E-state index >= 15 is 0 Å². The molecule has 0 amide bonds. The van der Waals surface area contributed by atoms with E-state index in [-0.39, 0.29) is 11.3 Å². The second kappa shape index (κ2) is 4.70. The third-order valence-electron chi connectivity index (χ3n) is 1.56. The number of aliphatic carboxylic acids is 1. The molecule has 0 fully saturated rings. The number of hydrogen-bond acceptors (Lipinski definition) is 5. The van der Waals surface area contributed by atoms with E-state index in [2.05, 4.69) is 9.37 Å². The van der Waals surface area contributed by atoms with E-state index < -0.39 is 5.97 Å². The van der Waals surface area contributed by atoms with E-state index in [0.29, 0.717) is 5.00 Å². The standard InChI is InChI=1S/C9H10N2O3S/c1-5-3-8(15-11-5)10-4-7(6(2)12)9(13)14/h3-4,12H,1-2H3,(H,13,14)/b7-6-,10-4-. The summed E-state index contributed by atoms with van der Waals surface area (Å²) in [6.45, 7) is 3.12. The van der Waals surface area contributed by atoms with E-state index in [4.69, 9.17) is 10.2 Å². The molecule has 0 unspecified atom stereocenters. The Morgan fingerprint density at radius 2 is 2.27 bits per heavy atom. The van der Waals surface area contributed by atoms with Crippen LogP contribution in [0, 0.1) is 6.92 Å². The van der Waals surface area contributed by atoms with Crippen molar-refractivity contribution < 1.29 is 15.0 Å². The minimum absolute atomic E-state index is 0.221. The Bertz CT molecular complexity index is 430. The number of aryl methyl sites for hydroxylation is 1. The molecule has 1 heterocycles. The zero-order chi connectivity index (χ0) is 11.4. The first-order valence-corrected chi connectivity index (χ1v) is 4.88. The van der Waals surface area contributed by atoms with Gasteiger partial charge in [0.1, 0.15) is 16.3 Å². The van der Waals surface area contributed by atoms with Crippen molar-refractivity contribution in [3.63, 3.8) is 0 Å². The Kier molecular flexibility index (Phi) is 3.56. The quantitative estimate of drug-likeness (QED) is 0.469. The fraction of sp³-hybridized carbons (Fsp3) is 0.222. The Hall–Kier alpha value is -1.69. The van der Waals surface area contributed by atoms with Crippen LogP contribution in [0.5, 0.6) is 0 Å². The van der Waals surface area contributed by atoms with Gasteiger partial charge in [0.2, 0.25) is 0 Å². The molecule has 1 aromatic heterocycles. The zero-order valence-corrected chi connectivity index (χ0v) is 9.08. The predicted molar refractivity (Wildman–Crippen MR) is 58.0 cm³/mol. The lowest BCUT2D eigenvalue weighted by atomic mass is 10.2. The molecule has 0 saturated carbocycles. The highest BCUT2D eigenvalue weighted by molar-refractivity contribution is 7.09. The monoisotopic (exact) mass is 226 g/mol. The summed E-state index contributed by atoms with van der Waals surface area (Å²) >= 11 is 1.17. The molecule has 0 atom stereocenters. The van der Waals surface area contributed by atoms with E-state index in [9.17, 15) is 4.79 Å². The van der Waals surface area contributed by atoms with Crippen molar-refractivity contribution in [3.8, 4) is 0 Å². The van der Waals surface area contributed by atoms with Crippen LogP contribution in [0.2, 0.25) is 0 Å². The normalized spacial score (nSPS) is 12.9. The average molecular weight is 226 g/mol. The third kappa shape index (κ3) is 3.17. The van der Waals surface area contributed by atoms with E-state index in [1.807, 2.05) is 6.92 Å². The summed E-state index contributed by atoms with van der Waals surface area (Å²) in [7, 11) is 0. The fourth-order valence-corrected chi connectivity index (χ4v) is 1.46. The number of nitrogens with zero attached hydrogens (tertiary/aromatic N) is 2. The van der Waals surface area contributed by atoms with Gasteiger partial charge in [-0.1, -0.05) is 0 Å². The van der Waals surface area contributed by atoms with Gasteiger partial charge < -0.3 is 10.2 Å². The van der Waals surface area contributed by atoms with Crippen molar-refractivity contribution >= 4 is 28.7 Å². The van der Waals surface area contributed by atoms with Gasteiger partial charge in [-0.2, -0.15) is 4.37 Å². The highest BCUT2D eigenvalue weighted by Gasteiger charge is 2.08. The summed E-state index contributed by atoms with van der Waals surface area (Å²) in [6, 6.07) is 1.73. The van der Waals surface area contributed by atoms with Gasteiger partial charge in [0.25, 0.3) is 0 Å². The first kappa shape index (κ1) is 11.4. The number of aliphatic hydroxyl groups excluding tert-OH is 1. The van der Waals surface area contributed by atoms with Gasteiger partial charge in [-0.3, -0.25) is 0 Å². The maximum atomic E-state index is 10.6. The fourth-order valence-electron chi connectivity index (χ4n) is 0.843. The van der Waals surface area contributed by atoms with Crippen molar-refractivity contribution in [1.29, 1.82) is 0 Å². The SMILES string of the molecule is C/C(O)=C(\C=N/c1cc(C)ns1)C(=O)O. The van der Waals surface area contributed by atoms with Crippen LogP contribution in [-0.2, 0) is 4.79 Å². The van der Waals surface area contributed by atoms with Gasteiger partial charge >= 0.3 is 5.97 Å². The van der Waals surface area contributed by atoms with Crippen LogP contribution >= 0.6 is 11.5 Å². The molecule has 80 valence electrons. The molecule has 0 aromatic carbocycles. The average Bonchev–Trinajstić information content (AvgIpc) is 2.50. The van der Waals surface area contributed by atoms with Gasteiger partial charge in [0.15, 0.2) is 0 Å². The zero-order valence-electron chi connectivity index (χ0n) is 8.26. The second-order valence-corrected chi connectivity index (χ2v) is 3.65. The molecule has 0 saturated heterocycles. The van der Waals surface area contributed by atoms with Crippen LogP contribution in [0.4, 0.5) is 5.00 Å². The van der Waals surface area contributed by atoms with E-state index in [1.165, 1.54) is 18.5 Å². The number of aromatic nitrogens is 1. The summed E-state index contributed by atoms with van der Waals surface area (Å²) in [5.41, 5.74) is 0.606. The summed E-state index contributed by atoms with van der Waals surface area (Å²) in [5, 5.41) is 18.4. The molecule has 0 radical (unpaired) electrons.